The molecule has 0 spiro atoms. The zero-order valence-electron chi connectivity index (χ0n) is 16.7. The van der Waals surface area contributed by atoms with Gasteiger partial charge in [0.1, 0.15) is 11.1 Å². The highest BCUT2D eigenvalue weighted by atomic mass is 16.6. The van der Waals surface area contributed by atoms with Gasteiger partial charge in [0.15, 0.2) is 17.6 Å². The lowest BCUT2D eigenvalue weighted by Crippen LogP contribution is -2.52. The minimum atomic E-state index is -1.07. The predicted octanol–water partition coefficient (Wildman–Crippen LogP) is 2.60. The van der Waals surface area contributed by atoms with Crippen molar-refractivity contribution >= 4 is 11.9 Å². The molecular formula is C20H26N2O6. The second kappa shape index (κ2) is 9.31. The number of benzene rings is 1. The number of carbonyl (C=O) groups excluding carboxylic acids is 2. The van der Waals surface area contributed by atoms with E-state index in [9.17, 15) is 14.9 Å². The van der Waals surface area contributed by atoms with E-state index in [0.29, 0.717) is 18.6 Å². The maximum absolute atomic E-state index is 12.6. The first kappa shape index (κ1) is 21.4. The number of nitriles is 1. The summed E-state index contributed by atoms with van der Waals surface area (Å²) < 4.78 is 21.0. The third-order valence-electron chi connectivity index (χ3n) is 4.86. The first-order valence-electron chi connectivity index (χ1n) is 9.14. The largest absolute Gasteiger partial charge is 0.493 e. The summed E-state index contributed by atoms with van der Waals surface area (Å²) in [7, 11) is 4.29. The molecule has 1 unspecified atom stereocenters. The van der Waals surface area contributed by atoms with Crippen LogP contribution in [0.1, 0.15) is 49.4 Å². The molecular weight excluding hydrogens is 364 g/mol. The monoisotopic (exact) mass is 390 g/mol. The summed E-state index contributed by atoms with van der Waals surface area (Å²) in [5.74, 6) is -0.441. The van der Waals surface area contributed by atoms with Gasteiger partial charge < -0.3 is 24.3 Å². The van der Waals surface area contributed by atoms with E-state index in [0.717, 1.165) is 19.3 Å². The van der Waals surface area contributed by atoms with Crippen LogP contribution in [-0.2, 0) is 9.53 Å². The normalized spacial score (nSPS) is 16.2. The summed E-state index contributed by atoms with van der Waals surface area (Å²) in [6.07, 6.45) is 2.93. The summed E-state index contributed by atoms with van der Waals surface area (Å²) in [6.45, 7) is 1.47. The lowest BCUT2D eigenvalue weighted by Gasteiger charge is -2.32. The van der Waals surface area contributed by atoms with E-state index >= 15 is 0 Å². The molecule has 1 aliphatic rings. The molecule has 28 heavy (non-hydrogen) atoms. The molecule has 0 radical (unpaired) electrons. The van der Waals surface area contributed by atoms with Gasteiger partial charge in [-0.2, -0.15) is 5.26 Å². The van der Waals surface area contributed by atoms with E-state index in [1.807, 2.05) is 0 Å². The molecule has 0 aliphatic heterocycles. The fourth-order valence-electron chi connectivity index (χ4n) is 3.30. The molecule has 0 bridgehead atoms. The van der Waals surface area contributed by atoms with Crippen molar-refractivity contribution in [3.05, 3.63) is 17.7 Å². The lowest BCUT2D eigenvalue weighted by atomic mass is 9.83. The van der Waals surface area contributed by atoms with Gasteiger partial charge in [0.25, 0.3) is 5.91 Å². The molecule has 1 aromatic carbocycles. The molecule has 8 nitrogen and oxygen atoms in total. The summed E-state index contributed by atoms with van der Waals surface area (Å²) in [5.41, 5.74) is -0.788. The standard InChI is InChI=1S/C20H26N2O6/c1-13(18(23)22-20(12-21)10-6-5-7-11-20)28-19(24)14-8-9-15(25-2)17(27-4)16(14)26-3/h8-9,13H,5-7,10-11H2,1-4H3,(H,22,23). The molecule has 1 fully saturated rings. The van der Waals surface area contributed by atoms with Gasteiger partial charge >= 0.3 is 5.97 Å². The van der Waals surface area contributed by atoms with Crippen LogP contribution in [0.5, 0.6) is 17.2 Å². The second-order valence-electron chi connectivity index (χ2n) is 6.67. The minimum Gasteiger partial charge on any atom is -0.493 e. The molecule has 1 saturated carbocycles. The molecule has 1 N–H and O–H groups in total. The van der Waals surface area contributed by atoms with Crippen LogP contribution in [0.3, 0.4) is 0 Å². The Bertz CT molecular complexity index is 765. The quantitative estimate of drug-likeness (QED) is 0.713. The van der Waals surface area contributed by atoms with Crippen LogP contribution < -0.4 is 19.5 Å². The summed E-state index contributed by atoms with van der Waals surface area (Å²) in [5, 5.41) is 12.2. The maximum Gasteiger partial charge on any atom is 0.342 e. The van der Waals surface area contributed by atoms with Crippen LogP contribution in [0.15, 0.2) is 12.1 Å². The van der Waals surface area contributed by atoms with Crippen molar-refractivity contribution in [2.45, 2.75) is 50.7 Å². The van der Waals surface area contributed by atoms with Crippen molar-refractivity contribution in [2.75, 3.05) is 21.3 Å². The number of carbonyl (C=O) groups is 2. The minimum absolute atomic E-state index is 0.104. The number of ether oxygens (including phenoxy) is 4. The summed E-state index contributed by atoms with van der Waals surface area (Å²) in [6, 6.07) is 5.24. The number of nitrogens with one attached hydrogen (secondary N) is 1. The van der Waals surface area contributed by atoms with Gasteiger partial charge in [-0.3, -0.25) is 4.79 Å². The number of hydrogen-bond acceptors (Lipinski definition) is 7. The fraction of sp³-hybridized carbons (Fsp3) is 0.550. The first-order chi connectivity index (χ1) is 13.4. The molecule has 1 aromatic rings. The highest BCUT2D eigenvalue weighted by molar-refractivity contribution is 5.96. The van der Waals surface area contributed by atoms with Gasteiger partial charge in [-0.25, -0.2) is 4.79 Å². The smallest absolute Gasteiger partial charge is 0.342 e. The van der Waals surface area contributed by atoms with Crippen LogP contribution in [0.25, 0.3) is 0 Å². The van der Waals surface area contributed by atoms with E-state index in [1.54, 1.807) is 6.07 Å². The SMILES string of the molecule is COc1ccc(C(=O)OC(C)C(=O)NC2(C#N)CCCCC2)c(OC)c1OC. The lowest BCUT2D eigenvalue weighted by molar-refractivity contribution is -0.130. The Morgan fingerprint density at radius 1 is 1.07 bits per heavy atom. The second-order valence-corrected chi connectivity index (χ2v) is 6.67. The first-order valence-corrected chi connectivity index (χ1v) is 9.14. The van der Waals surface area contributed by atoms with Crippen molar-refractivity contribution in [3.8, 4) is 23.3 Å². The molecule has 0 saturated heterocycles. The van der Waals surface area contributed by atoms with Gasteiger partial charge in [-0.05, 0) is 31.9 Å². The van der Waals surface area contributed by atoms with Crippen LogP contribution >= 0.6 is 0 Å². The van der Waals surface area contributed by atoms with Crippen LogP contribution in [0.4, 0.5) is 0 Å². The number of amides is 1. The van der Waals surface area contributed by atoms with Crippen molar-refractivity contribution in [3.63, 3.8) is 0 Å². The fourth-order valence-corrected chi connectivity index (χ4v) is 3.30. The Morgan fingerprint density at radius 2 is 1.71 bits per heavy atom. The van der Waals surface area contributed by atoms with E-state index in [1.165, 1.54) is 34.3 Å². The molecule has 1 atom stereocenters. The van der Waals surface area contributed by atoms with Crippen molar-refractivity contribution in [1.82, 2.24) is 5.32 Å². The Labute approximate surface area is 164 Å². The molecule has 1 amide bonds. The highest BCUT2D eigenvalue weighted by Gasteiger charge is 2.35. The zero-order chi connectivity index (χ0) is 20.7. The number of rotatable bonds is 7. The maximum atomic E-state index is 12.6. The predicted molar refractivity (Wildman–Crippen MR) is 101 cm³/mol. The van der Waals surface area contributed by atoms with E-state index in [2.05, 4.69) is 11.4 Å². The molecule has 8 heteroatoms. The third-order valence-corrected chi connectivity index (χ3v) is 4.86. The van der Waals surface area contributed by atoms with Crippen LogP contribution in [0.2, 0.25) is 0 Å². The van der Waals surface area contributed by atoms with Crippen molar-refractivity contribution in [1.29, 1.82) is 5.26 Å². The van der Waals surface area contributed by atoms with Gasteiger partial charge in [0.05, 0.1) is 27.4 Å². The van der Waals surface area contributed by atoms with E-state index in [4.69, 9.17) is 18.9 Å². The Kier molecular flexibility index (Phi) is 7.10. The molecule has 1 aliphatic carbocycles. The van der Waals surface area contributed by atoms with E-state index in [-0.39, 0.29) is 17.1 Å². The topological polar surface area (TPSA) is 107 Å². The van der Waals surface area contributed by atoms with Gasteiger partial charge in [0, 0.05) is 0 Å². The zero-order valence-corrected chi connectivity index (χ0v) is 16.7. The number of methoxy groups -OCH3 is 3. The van der Waals surface area contributed by atoms with Crippen molar-refractivity contribution < 1.29 is 28.5 Å². The van der Waals surface area contributed by atoms with Gasteiger partial charge in [0.2, 0.25) is 5.75 Å². The Morgan fingerprint density at radius 3 is 2.25 bits per heavy atom. The average molecular weight is 390 g/mol. The van der Waals surface area contributed by atoms with Crippen LogP contribution in [-0.4, -0.2) is 44.8 Å². The Hall–Kier alpha value is -2.95. The Balaban J connectivity index is 2.14. The third kappa shape index (κ3) is 4.47. The van der Waals surface area contributed by atoms with Crippen LogP contribution in [0, 0.1) is 11.3 Å². The summed E-state index contributed by atoms with van der Waals surface area (Å²) >= 11 is 0. The molecule has 152 valence electrons. The molecule has 0 heterocycles. The molecule has 0 aromatic heterocycles. The van der Waals surface area contributed by atoms with Gasteiger partial charge in [-0.15, -0.1) is 0 Å². The number of nitrogens with zero attached hydrogens (tertiary/aromatic N) is 1. The van der Waals surface area contributed by atoms with Crippen molar-refractivity contribution in [2.24, 2.45) is 0 Å². The number of esters is 1. The summed E-state index contributed by atoms with van der Waals surface area (Å²) in [4.78, 5) is 25.1. The molecule has 2 rings (SSSR count). The van der Waals surface area contributed by atoms with Gasteiger partial charge in [-0.1, -0.05) is 19.3 Å². The average Bonchev–Trinajstić information content (AvgIpc) is 2.72. The highest BCUT2D eigenvalue weighted by Crippen LogP contribution is 2.40. The number of hydrogen-bond donors (Lipinski definition) is 1. The van der Waals surface area contributed by atoms with E-state index < -0.39 is 23.5 Å².